The van der Waals surface area contributed by atoms with Crippen molar-refractivity contribution in [2.75, 3.05) is 5.01 Å². The molecule has 2 unspecified atom stereocenters. The lowest BCUT2D eigenvalue weighted by molar-refractivity contribution is 0.0631. The van der Waals surface area contributed by atoms with E-state index in [0.717, 1.165) is 32.7 Å². The van der Waals surface area contributed by atoms with Crippen LogP contribution in [0.1, 0.15) is 5.56 Å². The summed E-state index contributed by atoms with van der Waals surface area (Å²) in [5.41, 5.74) is 3.66. The summed E-state index contributed by atoms with van der Waals surface area (Å²) in [7, 11) is 0. The SMILES string of the molecule is Cc1cc(-c2ccc(Cl)cc2)nc2ccc(Oc3c(Cl)cc(N4N=C(C#N)C(O)NC4O)cc3Cl)cc12. The number of aromatic nitrogens is 1. The molecule has 0 spiro atoms. The van der Waals surface area contributed by atoms with Crippen LogP contribution in [0.15, 0.2) is 65.8 Å². The fraction of sp³-hybridized carbons (Fsp3) is 0.115. The van der Waals surface area contributed by atoms with Gasteiger partial charge in [0.2, 0.25) is 6.35 Å². The van der Waals surface area contributed by atoms with Crippen molar-refractivity contribution in [1.82, 2.24) is 10.3 Å². The van der Waals surface area contributed by atoms with Gasteiger partial charge in [-0.3, -0.25) is 0 Å². The summed E-state index contributed by atoms with van der Waals surface area (Å²) in [5.74, 6) is 0.708. The van der Waals surface area contributed by atoms with Crippen molar-refractivity contribution in [3.8, 4) is 28.8 Å². The Labute approximate surface area is 226 Å². The van der Waals surface area contributed by atoms with Crippen LogP contribution in [-0.4, -0.2) is 33.5 Å². The van der Waals surface area contributed by atoms with Gasteiger partial charge in [-0.2, -0.15) is 10.4 Å². The molecule has 4 aromatic rings. The maximum Gasteiger partial charge on any atom is 0.206 e. The zero-order valence-electron chi connectivity index (χ0n) is 19.2. The monoisotopic (exact) mass is 553 g/mol. The Kier molecular flexibility index (Phi) is 6.92. The molecule has 37 heavy (non-hydrogen) atoms. The van der Waals surface area contributed by atoms with Crippen LogP contribution < -0.4 is 15.1 Å². The molecule has 2 heterocycles. The number of hydrogen-bond acceptors (Lipinski definition) is 8. The average molecular weight is 555 g/mol. The summed E-state index contributed by atoms with van der Waals surface area (Å²) in [6, 6.07) is 19.7. The van der Waals surface area contributed by atoms with E-state index in [4.69, 9.17) is 49.8 Å². The van der Waals surface area contributed by atoms with E-state index in [1.807, 2.05) is 49.4 Å². The van der Waals surface area contributed by atoms with Crippen LogP contribution in [0.2, 0.25) is 15.1 Å². The Morgan fingerprint density at radius 1 is 1.00 bits per heavy atom. The minimum atomic E-state index is -1.40. The average Bonchev–Trinajstić information content (AvgIpc) is 2.87. The Bertz CT molecular complexity index is 1560. The van der Waals surface area contributed by atoms with Crippen LogP contribution >= 0.6 is 34.8 Å². The number of hydrazone groups is 1. The predicted molar refractivity (Wildman–Crippen MR) is 144 cm³/mol. The number of ether oxygens (including phenoxy) is 1. The number of pyridine rings is 1. The third kappa shape index (κ3) is 5.06. The van der Waals surface area contributed by atoms with Crippen LogP contribution in [-0.2, 0) is 0 Å². The minimum Gasteiger partial charge on any atom is -0.454 e. The van der Waals surface area contributed by atoms with Crippen LogP contribution in [0.4, 0.5) is 5.69 Å². The number of nitrogens with zero attached hydrogens (tertiary/aromatic N) is 4. The van der Waals surface area contributed by atoms with Crippen LogP contribution in [0.3, 0.4) is 0 Å². The highest BCUT2D eigenvalue weighted by molar-refractivity contribution is 6.37. The normalized spacial score (nSPS) is 17.4. The minimum absolute atomic E-state index is 0.155. The number of nitriles is 1. The summed E-state index contributed by atoms with van der Waals surface area (Å²) in [4.78, 5) is 4.77. The van der Waals surface area contributed by atoms with Crippen molar-refractivity contribution in [3.05, 3.63) is 81.3 Å². The van der Waals surface area contributed by atoms with Gasteiger partial charge in [-0.1, -0.05) is 46.9 Å². The number of fused-ring (bicyclic) bond motifs is 1. The molecule has 3 aromatic carbocycles. The van der Waals surface area contributed by atoms with Crippen LogP contribution in [0.25, 0.3) is 22.2 Å². The molecule has 1 aromatic heterocycles. The van der Waals surface area contributed by atoms with Gasteiger partial charge >= 0.3 is 0 Å². The van der Waals surface area contributed by atoms with Crippen molar-refractivity contribution in [2.24, 2.45) is 5.10 Å². The molecule has 2 atom stereocenters. The largest absolute Gasteiger partial charge is 0.454 e. The van der Waals surface area contributed by atoms with Gasteiger partial charge in [0.15, 0.2) is 17.7 Å². The van der Waals surface area contributed by atoms with Crippen molar-refractivity contribution in [1.29, 1.82) is 5.26 Å². The van der Waals surface area contributed by atoms with Crippen LogP contribution in [0, 0.1) is 18.3 Å². The number of benzene rings is 3. The molecule has 1 aliphatic rings. The third-order valence-electron chi connectivity index (χ3n) is 5.72. The molecule has 0 saturated carbocycles. The summed E-state index contributed by atoms with van der Waals surface area (Å²) >= 11 is 19.0. The van der Waals surface area contributed by atoms with Crippen molar-refractivity contribution >= 4 is 57.1 Å². The number of hydrogen-bond donors (Lipinski definition) is 3. The number of rotatable bonds is 4. The Balaban J connectivity index is 1.45. The second-order valence-electron chi connectivity index (χ2n) is 8.24. The van der Waals surface area contributed by atoms with E-state index in [-0.39, 0.29) is 27.2 Å². The molecule has 5 rings (SSSR count). The quantitative estimate of drug-likeness (QED) is 0.290. The van der Waals surface area contributed by atoms with E-state index in [0.29, 0.717) is 10.8 Å². The van der Waals surface area contributed by atoms with E-state index < -0.39 is 12.6 Å². The fourth-order valence-electron chi connectivity index (χ4n) is 3.90. The van der Waals surface area contributed by atoms with E-state index in [1.165, 1.54) is 12.1 Å². The van der Waals surface area contributed by atoms with Gasteiger partial charge in [0.1, 0.15) is 11.8 Å². The number of halogens is 3. The smallest absolute Gasteiger partial charge is 0.206 e. The Morgan fingerprint density at radius 2 is 1.70 bits per heavy atom. The van der Waals surface area contributed by atoms with Gasteiger partial charge in [-0.25, -0.2) is 15.3 Å². The maximum atomic E-state index is 10.2. The molecule has 0 saturated heterocycles. The zero-order valence-corrected chi connectivity index (χ0v) is 21.4. The highest BCUT2D eigenvalue weighted by Gasteiger charge is 2.29. The summed E-state index contributed by atoms with van der Waals surface area (Å²) < 4.78 is 6.03. The number of nitrogens with one attached hydrogen (secondary N) is 1. The van der Waals surface area contributed by atoms with Crippen LogP contribution in [0.5, 0.6) is 11.5 Å². The Hall–Kier alpha value is -3.42. The summed E-state index contributed by atoms with van der Waals surface area (Å²) in [6.45, 7) is 1.99. The first-order chi connectivity index (χ1) is 17.7. The highest BCUT2D eigenvalue weighted by atomic mass is 35.5. The molecule has 0 bridgehead atoms. The van der Waals surface area contributed by atoms with E-state index >= 15 is 0 Å². The van der Waals surface area contributed by atoms with E-state index in [9.17, 15) is 10.2 Å². The predicted octanol–water partition coefficient (Wildman–Crippen LogP) is 5.85. The number of aliphatic hydroxyl groups excluding tert-OH is 2. The molecule has 186 valence electrons. The fourth-order valence-corrected chi connectivity index (χ4v) is 4.58. The molecule has 0 fully saturated rings. The third-order valence-corrected chi connectivity index (χ3v) is 6.54. The van der Waals surface area contributed by atoms with Gasteiger partial charge in [0.25, 0.3) is 0 Å². The topological polar surface area (TPSA) is 114 Å². The Morgan fingerprint density at radius 3 is 2.38 bits per heavy atom. The number of aryl methyl sites for hydroxylation is 1. The van der Waals surface area contributed by atoms with Crippen molar-refractivity contribution in [3.63, 3.8) is 0 Å². The van der Waals surface area contributed by atoms with Gasteiger partial charge < -0.3 is 14.9 Å². The first-order valence-electron chi connectivity index (χ1n) is 11.0. The summed E-state index contributed by atoms with van der Waals surface area (Å²) in [6.07, 6.45) is -2.79. The van der Waals surface area contributed by atoms with Gasteiger partial charge in [-0.15, -0.1) is 0 Å². The molecular formula is C26H18Cl3N5O3. The molecule has 0 amide bonds. The van der Waals surface area contributed by atoms with Crippen molar-refractivity contribution < 1.29 is 14.9 Å². The number of anilines is 1. The first kappa shape index (κ1) is 25.2. The zero-order chi connectivity index (χ0) is 26.3. The highest BCUT2D eigenvalue weighted by Crippen LogP contribution is 2.41. The molecule has 11 heteroatoms. The summed E-state index contributed by atoms with van der Waals surface area (Å²) in [5, 5.41) is 38.5. The lowest BCUT2D eigenvalue weighted by Crippen LogP contribution is -2.55. The van der Waals surface area contributed by atoms with Gasteiger partial charge in [0, 0.05) is 16.0 Å². The van der Waals surface area contributed by atoms with E-state index in [1.54, 1.807) is 12.1 Å². The lowest BCUT2D eigenvalue weighted by Gasteiger charge is -2.32. The molecule has 3 N–H and O–H groups in total. The lowest BCUT2D eigenvalue weighted by atomic mass is 10.0. The number of aliphatic hydroxyl groups is 2. The van der Waals surface area contributed by atoms with Gasteiger partial charge in [-0.05, 0) is 61.0 Å². The molecule has 8 nitrogen and oxygen atoms in total. The first-order valence-corrected chi connectivity index (χ1v) is 12.1. The standard InChI is InChI=1S/C26H18Cl3N5O3/c1-13-8-22(14-2-4-15(27)5-3-14)31-21-7-6-17(11-18(13)21)37-24-19(28)9-16(10-20(24)29)34-26(36)32-25(35)23(12-30)33-34/h2-11,25-26,32,35-36H,1H3. The molecule has 0 aliphatic carbocycles. The molecule has 0 radical (unpaired) electrons. The van der Waals surface area contributed by atoms with E-state index in [2.05, 4.69) is 10.4 Å². The second kappa shape index (κ2) is 10.1. The molecular weight excluding hydrogens is 537 g/mol. The second-order valence-corrected chi connectivity index (χ2v) is 9.49. The van der Waals surface area contributed by atoms with Gasteiger partial charge in [0.05, 0.1) is 26.9 Å². The molecule has 1 aliphatic heterocycles. The van der Waals surface area contributed by atoms with Crippen molar-refractivity contribution in [2.45, 2.75) is 19.5 Å². The maximum absolute atomic E-state index is 10.2.